The molecular formula is C27H33N3O11S. The van der Waals surface area contributed by atoms with Crippen molar-refractivity contribution in [1.29, 1.82) is 0 Å². The van der Waals surface area contributed by atoms with Crippen molar-refractivity contribution in [3.05, 3.63) is 47.2 Å². The fourth-order valence-corrected chi connectivity index (χ4v) is 5.50. The van der Waals surface area contributed by atoms with Crippen molar-refractivity contribution < 1.29 is 52.8 Å². The van der Waals surface area contributed by atoms with Crippen LogP contribution in [0.3, 0.4) is 0 Å². The molecule has 0 bridgehead atoms. The fraction of sp³-hybridized carbons (Fsp3) is 0.481. The van der Waals surface area contributed by atoms with E-state index in [-0.39, 0.29) is 56.3 Å². The number of ether oxygens (including phenoxy) is 4. The lowest BCUT2D eigenvalue weighted by molar-refractivity contribution is -0.159. The third-order valence-corrected chi connectivity index (χ3v) is 7.59. The number of nitrogens with one attached hydrogen (secondary N) is 2. The maximum absolute atomic E-state index is 12.8. The van der Waals surface area contributed by atoms with E-state index in [1.54, 1.807) is 30.3 Å². The lowest BCUT2D eigenvalue weighted by Gasteiger charge is -2.49. The smallest absolute Gasteiger partial charge is 0.352 e. The topological polar surface area (TPSA) is 187 Å². The Morgan fingerprint density at radius 1 is 1.12 bits per heavy atom. The molecule has 1 aromatic rings. The van der Waals surface area contributed by atoms with E-state index in [0.29, 0.717) is 12.2 Å². The zero-order valence-electron chi connectivity index (χ0n) is 23.2. The van der Waals surface area contributed by atoms with Gasteiger partial charge in [-0.05, 0) is 25.0 Å². The van der Waals surface area contributed by atoms with Gasteiger partial charge in [-0.2, -0.15) is 0 Å². The van der Waals surface area contributed by atoms with Crippen LogP contribution < -0.4 is 10.6 Å². The van der Waals surface area contributed by atoms with Crippen molar-refractivity contribution in [2.45, 2.75) is 43.6 Å². The summed E-state index contributed by atoms with van der Waals surface area (Å²) in [6.45, 7) is 1.13. The third kappa shape index (κ3) is 8.77. The molecule has 228 valence electrons. The number of carbonyl (C=O) groups is 6. The maximum Gasteiger partial charge on any atom is 0.352 e. The van der Waals surface area contributed by atoms with Crippen LogP contribution >= 0.6 is 11.8 Å². The van der Waals surface area contributed by atoms with Crippen molar-refractivity contribution in [2.75, 3.05) is 39.5 Å². The van der Waals surface area contributed by atoms with Crippen LogP contribution in [-0.4, -0.2) is 103 Å². The molecule has 2 aliphatic heterocycles. The van der Waals surface area contributed by atoms with Gasteiger partial charge in [-0.15, -0.1) is 11.8 Å². The number of β-lactam (4-membered cyclic amide) rings is 1. The highest BCUT2D eigenvalue weighted by molar-refractivity contribution is 8.00. The molecule has 0 spiro atoms. The second-order valence-electron chi connectivity index (χ2n) is 9.26. The molecule has 0 aliphatic carbocycles. The number of carbonyl (C=O) groups excluding carboxylic acids is 5. The SMILES string of the molecule is COCCOCOC(=O)C(CCCC(=O)NC1C(=O)N2C(C(=O)O)=C(COC(C)=O)CS[C@@H]12)NC(=O)c1ccccc1. The van der Waals surface area contributed by atoms with Crippen LogP contribution in [0.15, 0.2) is 41.6 Å². The van der Waals surface area contributed by atoms with E-state index in [9.17, 15) is 33.9 Å². The summed E-state index contributed by atoms with van der Waals surface area (Å²) in [5.41, 5.74) is 0.377. The minimum absolute atomic E-state index is 0.0667. The number of carboxylic acid groups (broad SMARTS) is 1. The van der Waals surface area contributed by atoms with Gasteiger partial charge in [-0.25, -0.2) is 9.59 Å². The van der Waals surface area contributed by atoms with Crippen LogP contribution in [0.5, 0.6) is 0 Å². The van der Waals surface area contributed by atoms with Gasteiger partial charge in [0.25, 0.3) is 11.8 Å². The van der Waals surface area contributed by atoms with Gasteiger partial charge in [0.2, 0.25) is 5.91 Å². The van der Waals surface area contributed by atoms with Crippen molar-refractivity contribution in [3.8, 4) is 0 Å². The van der Waals surface area contributed by atoms with E-state index in [1.807, 2.05) is 0 Å². The van der Waals surface area contributed by atoms with E-state index in [4.69, 9.17) is 18.9 Å². The van der Waals surface area contributed by atoms with Crippen LogP contribution in [0.4, 0.5) is 0 Å². The molecule has 3 atom stereocenters. The van der Waals surface area contributed by atoms with E-state index in [1.165, 1.54) is 25.8 Å². The molecule has 3 N–H and O–H groups in total. The molecule has 2 unspecified atom stereocenters. The zero-order chi connectivity index (χ0) is 30.6. The minimum Gasteiger partial charge on any atom is -0.477 e. The first-order valence-corrected chi connectivity index (χ1v) is 14.1. The minimum atomic E-state index is -1.33. The van der Waals surface area contributed by atoms with Gasteiger partial charge in [-0.1, -0.05) is 18.2 Å². The Balaban J connectivity index is 1.54. The molecule has 42 heavy (non-hydrogen) atoms. The van der Waals surface area contributed by atoms with Crippen LogP contribution in [0.1, 0.15) is 36.5 Å². The average Bonchev–Trinajstić information content (AvgIpc) is 2.97. The van der Waals surface area contributed by atoms with Gasteiger partial charge >= 0.3 is 17.9 Å². The molecule has 0 radical (unpaired) electrons. The number of esters is 2. The predicted octanol–water partition coefficient (Wildman–Crippen LogP) is 0.421. The summed E-state index contributed by atoms with van der Waals surface area (Å²) in [5.74, 6) is -4.02. The Morgan fingerprint density at radius 2 is 1.86 bits per heavy atom. The number of rotatable bonds is 16. The number of amides is 3. The Morgan fingerprint density at radius 3 is 2.52 bits per heavy atom. The van der Waals surface area contributed by atoms with Gasteiger partial charge in [0.1, 0.15) is 29.8 Å². The van der Waals surface area contributed by atoms with Crippen LogP contribution in [0.2, 0.25) is 0 Å². The second kappa shape index (κ2) is 15.9. The van der Waals surface area contributed by atoms with Gasteiger partial charge in [0.15, 0.2) is 6.79 Å². The Hall–Kier alpha value is -3.95. The van der Waals surface area contributed by atoms with Gasteiger partial charge in [0.05, 0.1) is 13.2 Å². The predicted molar refractivity (Wildman–Crippen MR) is 147 cm³/mol. The molecule has 14 nitrogen and oxygen atoms in total. The molecule has 1 saturated heterocycles. The molecule has 0 aromatic heterocycles. The quantitative estimate of drug-likeness (QED) is 0.102. The number of aliphatic carboxylic acids is 1. The van der Waals surface area contributed by atoms with Crippen LogP contribution in [0, 0.1) is 0 Å². The van der Waals surface area contributed by atoms with E-state index < -0.39 is 53.1 Å². The molecule has 15 heteroatoms. The zero-order valence-corrected chi connectivity index (χ0v) is 24.0. The Labute approximate surface area is 246 Å². The molecule has 1 fully saturated rings. The summed E-state index contributed by atoms with van der Waals surface area (Å²) >= 11 is 1.25. The molecule has 1 aromatic carbocycles. The summed E-state index contributed by atoms with van der Waals surface area (Å²) in [5, 5.41) is 14.3. The average molecular weight is 608 g/mol. The van der Waals surface area contributed by atoms with E-state index >= 15 is 0 Å². The molecule has 2 heterocycles. The standard InChI is InChI=1S/C27H33N3O11S/c1-16(31)40-13-18-14-42-25-21(24(34)30(25)22(18)26(35)36)29-20(32)10-6-9-19(27(37)41-15-39-12-11-38-2)28-23(33)17-7-4-3-5-8-17/h3-5,7-8,19,21,25H,6,9-15H2,1-2H3,(H,28,33)(H,29,32)(H,35,36)/t19?,21?,25-/m0/s1. The fourth-order valence-electron chi connectivity index (χ4n) is 4.18. The highest BCUT2D eigenvalue weighted by atomic mass is 32.2. The van der Waals surface area contributed by atoms with Crippen molar-refractivity contribution in [1.82, 2.24) is 15.5 Å². The summed E-state index contributed by atoms with van der Waals surface area (Å²) in [4.78, 5) is 74.8. The lowest BCUT2D eigenvalue weighted by Crippen LogP contribution is -2.70. The number of methoxy groups -OCH3 is 1. The molecule has 3 rings (SSSR count). The molecule has 3 amide bonds. The van der Waals surface area contributed by atoms with Crippen LogP contribution in [0.25, 0.3) is 0 Å². The number of nitrogens with zero attached hydrogens (tertiary/aromatic N) is 1. The van der Waals surface area contributed by atoms with Crippen molar-refractivity contribution >= 4 is 47.4 Å². The van der Waals surface area contributed by atoms with Crippen molar-refractivity contribution in [2.24, 2.45) is 0 Å². The first-order valence-electron chi connectivity index (χ1n) is 13.1. The van der Waals surface area contributed by atoms with E-state index in [0.717, 1.165) is 4.90 Å². The second-order valence-corrected chi connectivity index (χ2v) is 10.4. The summed E-state index contributed by atoms with van der Waals surface area (Å²) < 4.78 is 20.0. The molecular weight excluding hydrogens is 574 g/mol. The largest absolute Gasteiger partial charge is 0.477 e. The van der Waals surface area contributed by atoms with Crippen molar-refractivity contribution in [3.63, 3.8) is 0 Å². The highest BCUT2D eigenvalue weighted by Gasteiger charge is 2.54. The third-order valence-electron chi connectivity index (χ3n) is 6.25. The van der Waals surface area contributed by atoms with Gasteiger partial charge in [0, 0.05) is 37.3 Å². The Kier molecular flexibility index (Phi) is 12.3. The lowest BCUT2D eigenvalue weighted by atomic mass is 10.0. The molecule has 2 aliphatic rings. The van der Waals surface area contributed by atoms with Gasteiger partial charge < -0.3 is 34.7 Å². The number of benzene rings is 1. The number of fused-ring (bicyclic) bond motifs is 1. The monoisotopic (exact) mass is 607 g/mol. The normalized spacial score (nSPS) is 18.3. The summed E-state index contributed by atoms with van der Waals surface area (Å²) in [6, 6.07) is 6.29. The first kappa shape index (κ1) is 32.6. The summed E-state index contributed by atoms with van der Waals surface area (Å²) in [6.07, 6.45) is 0.160. The Bertz CT molecular complexity index is 1210. The number of hydrogen-bond acceptors (Lipinski definition) is 11. The first-order chi connectivity index (χ1) is 20.1. The van der Waals surface area contributed by atoms with Gasteiger partial charge in [-0.3, -0.25) is 24.1 Å². The molecule has 0 saturated carbocycles. The number of carboxylic acids is 1. The summed E-state index contributed by atoms with van der Waals surface area (Å²) in [7, 11) is 1.50. The number of hydrogen-bond donors (Lipinski definition) is 3. The van der Waals surface area contributed by atoms with Crippen LogP contribution in [-0.2, 0) is 42.9 Å². The number of thioether (sulfide) groups is 1. The maximum atomic E-state index is 12.8. The highest BCUT2D eigenvalue weighted by Crippen LogP contribution is 2.40. The van der Waals surface area contributed by atoms with E-state index in [2.05, 4.69) is 10.6 Å².